The van der Waals surface area contributed by atoms with Gasteiger partial charge < -0.3 is 17.4 Å². The molecule has 6 heteroatoms. The molecule has 0 fully saturated rings. The van der Waals surface area contributed by atoms with E-state index in [4.69, 9.17) is 17.4 Å². The minimum Gasteiger partial charge on any atom is -0.394 e. The Bertz CT molecular complexity index is 212. The molecule has 0 N–H and O–H groups in total. The van der Waals surface area contributed by atoms with Gasteiger partial charge in [0.2, 0.25) is 0 Å². The van der Waals surface area contributed by atoms with Crippen LogP contribution in [0.25, 0.3) is 0 Å². The molecule has 116 valence electrons. The lowest BCUT2D eigenvalue weighted by Crippen LogP contribution is -2.53. The van der Waals surface area contributed by atoms with Gasteiger partial charge in [-0.3, -0.25) is 0 Å². The largest absolute Gasteiger partial charge is 0.668 e. The highest BCUT2D eigenvalue weighted by Crippen LogP contribution is 2.22. The molecular formula is C13H32O4Si2. The molecule has 0 aliphatic carbocycles. The first-order valence-corrected chi connectivity index (χ1v) is 12.1. The van der Waals surface area contributed by atoms with Gasteiger partial charge in [-0.15, -0.1) is 0 Å². The summed E-state index contributed by atoms with van der Waals surface area (Å²) in [6.45, 7) is 6.66. The second kappa shape index (κ2) is 10.1. The fraction of sp³-hybridized carbons (Fsp3) is 1.00. The molecule has 0 atom stereocenters. The van der Waals surface area contributed by atoms with Crippen molar-refractivity contribution in [1.29, 1.82) is 0 Å². The van der Waals surface area contributed by atoms with Crippen LogP contribution in [-0.2, 0) is 17.4 Å². The molecule has 0 bridgehead atoms. The van der Waals surface area contributed by atoms with Crippen LogP contribution >= 0.6 is 0 Å². The molecule has 0 aromatic rings. The van der Waals surface area contributed by atoms with Crippen LogP contribution in [0.5, 0.6) is 0 Å². The normalized spacial score (nSPS) is 12.9. The maximum Gasteiger partial charge on any atom is 0.668 e. The van der Waals surface area contributed by atoms with Gasteiger partial charge in [0, 0.05) is 21.3 Å². The average Bonchev–Trinajstić information content (AvgIpc) is 2.40. The summed E-state index contributed by atoms with van der Waals surface area (Å²) < 4.78 is 22.1. The summed E-state index contributed by atoms with van der Waals surface area (Å²) in [6.07, 6.45) is 7.86. The van der Waals surface area contributed by atoms with Gasteiger partial charge in [0.15, 0.2) is 8.32 Å². The lowest BCUT2D eigenvalue weighted by molar-refractivity contribution is 0.0478. The average molecular weight is 309 g/mol. The summed E-state index contributed by atoms with van der Waals surface area (Å²) >= 11 is 0. The van der Waals surface area contributed by atoms with Gasteiger partial charge in [-0.25, -0.2) is 0 Å². The first-order valence-electron chi connectivity index (χ1n) is 7.31. The van der Waals surface area contributed by atoms with E-state index in [0.29, 0.717) is 0 Å². The zero-order chi connectivity index (χ0) is 14.8. The highest BCUT2D eigenvalue weighted by molar-refractivity contribution is 6.78. The second-order valence-corrected chi connectivity index (χ2v) is 12.6. The predicted octanol–water partition coefficient (Wildman–Crippen LogP) is 3.94. The zero-order valence-corrected chi connectivity index (χ0v) is 15.6. The first kappa shape index (κ1) is 19.3. The SMILES string of the molecule is CCCCCCCC[Si](C)(C)O[Si](OC)(OC)OC. The molecular weight excluding hydrogens is 276 g/mol. The van der Waals surface area contributed by atoms with Crippen molar-refractivity contribution in [3.8, 4) is 0 Å². The van der Waals surface area contributed by atoms with E-state index in [0.717, 1.165) is 6.04 Å². The monoisotopic (exact) mass is 308 g/mol. The summed E-state index contributed by atoms with van der Waals surface area (Å²) in [4.78, 5) is 0. The third kappa shape index (κ3) is 8.21. The maximum absolute atomic E-state index is 6.11. The Kier molecular flexibility index (Phi) is 10.2. The van der Waals surface area contributed by atoms with Gasteiger partial charge in [0.05, 0.1) is 0 Å². The molecule has 0 spiro atoms. The van der Waals surface area contributed by atoms with Gasteiger partial charge in [-0.2, -0.15) is 0 Å². The van der Waals surface area contributed by atoms with Crippen LogP contribution in [0.1, 0.15) is 45.4 Å². The molecule has 4 nitrogen and oxygen atoms in total. The number of unbranched alkanes of at least 4 members (excludes halogenated alkanes) is 5. The van der Waals surface area contributed by atoms with E-state index in [9.17, 15) is 0 Å². The molecule has 0 amide bonds. The Morgan fingerprint density at radius 2 is 1.21 bits per heavy atom. The summed E-state index contributed by atoms with van der Waals surface area (Å²) in [7, 11) is 0.119. The summed E-state index contributed by atoms with van der Waals surface area (Å²) in [5, 5.41) is 0. The summed E-state index contributed by atoms with van der Waals surface area (Å²) in [5.74, 6) is 0. The van der Waals surface area contributed by atoms with Crippen LogP contribution in [0, 0.1) is 0 Å². The molecule has 0 heterocycles. The second-order valence-electron chi connectivity index (χ2n) is 5.49. The van der Waals surface area contributed by atoms with Crippen molar-refractivity contribution in [3.05, 3.63) is 0 Å². The summed E-state index contributed by atoms with van der Waals surface area (Å²) in [6, 6.07) is 1.13. The highest BCUT2D eigenvalue weighted by atomic mass is 28.5. The van der Waals surface area contributed by atoms with Gasteiger partial charge in [0.25, 0.3) is 0 Å². The maximum atomic E-state index is 6.11. The molecule has 0 aromatic carbocycles. The Hall–Kier alpha value is 0.274. The molecule has 0 radical (unpaired) electrons. The number of hydrogen-bond acceptors (Lipinski definition) is 4. The lowest BCUT2D eigenvalue weighted by atomic mass is 10.1. The molecule has 0 rings (SSSR count). The third-order valence-electron chi connectivity index (χ3n) is 3.28. The van der Waals surface area contributed by atoms with E-state index in [2.05, 4.69) is 20.0 Å². The van der Waals surface area contributed by atoms with Crippen molar-refractivity contribution in [1.82, 2.24) is 0 Å². The standard InChI is InChI=1S/C13H32O4Si2/c1-7-8-9-10-11-12-13-18(5,6)17-19(14-2,15-3)16-4/h7-13H2,1-6H3. The van der Waals surface area contributed by atoms with Crippen molar-refractivity contribution in [2.24, 2.45) is 0 Å². The molecule has 0 saturated carbocycles. The van der Waals surface area contributed by atoms with Crippen molar-refractivity contribution >= 4 is 17.4 Å². The van der Waals surface area contributed by atoms with Crippen LogP contribution in [-0.4, -0.2) is 38.7 Å². The van der Waals surface area contributed by atoms with E-state index in [1.54, 1.807) is 21.3 Å². The predicted molar refractivity (Wildman–Crippen MR) is 83.5 cm³/mol. The first-order chi connectivity index (χ1) is 8.95. The fourth-order valence-corrected chi connectivity index (χ4v) is 7.81. The van der Waals surface area contributed by atoms with Gasteiger partial charge in [-0.1, -0.05) is 45.4 Å². The molecule has 0 unspecified atom stereocenters. The van der Waals surface area contributed by atoms with E-state index in [1.807, 2.05) is 0 Å². The lowest BCUT2D eigenvalue weighted by Gasteiger charge is -2.32. The van der Waals surface area contributed by atoms with Gasteiger partial charge >= 0.3 is 9.05 Å². The molecule has 0 aliphatic rings. The Balaban J connectivity index is 4.02. The van der Waals surface area contributed by atoms with Crippen molar-refractivity contribution in [2.45, 2.75) is 64.6 Å². The van der Waals surface area contributed by atoms with Gasteiger partial charge in [0.1, 0.15) is 0 Å². The Labute approximate surface area is 121 Å². The minimum atomic E-state index is -2.87. The quantitative estimate of drug-likeness (QED) is 0.404. The van der Waals surface area contributed by atoms with Crippen LogP contribution in [0.4, 0.5) is 0 Å². The van der Waals surface area contributed by atoms with Crippen LogP contribution < -0.4 is 0 Å². The van der Waals surface area contributed by atoms with E-state index >= 15 is 0 Å². The van der Waals surface area contributed by atoms with Crippen molar-refractivity contribution < 1.29 is 17.4 Å². The third-order valence-corrected chi connectivity index (χ3v) is 9.55. The zero-order valence-electron chi connectivity index (χ0n) is 13.6. The van der Waals surface area contributed by atoms with Crippen LogP contribution in [0.2, 0.25) is 19.1 Å². The topological polar surface area (TPSA) is 36.9 Å². The van der Waals surface area contributed by atoms with Crippen molar-refractivity contribution in [2.75, 3.05) is 21.3 Å². The molecule has 19 heavy (non-hydrogen) atoms. The van der Waals surface area contributed by atoms with E-state index in [1.165, 1.54) is 38.5 Å². The van der Waals surface area contributed by atoms with Crippen LogP contribution in [0.15, 0.2) is 0 Å². The highest BCUT2D eigenvalue weighted by Gasteiger charge is 2.47. The van der Waals surface area contributed by atoms with Gasteiger partial charge in [-0.05, 0) is 19.1 Å². The fourth-order valence-electron chi connectivity index (χ4n) is 2.10. The number of rotatable bonds is 12. The smallest absolute Gasteiger partial charge is 0.394 e. The molecule has 0 aromatic heterocycles. The Morgan fingerprint density at radius 1 is 0.737 bits per heavy atom. The number of hydrogen-bond donors (Lipinski definition) is 0. The van der Waals surface area contributed by atoms with E-state index < -0.39 is 17.4 Å². The van der Waals surface area contributed by atoms with Crippen LogP contribution in [0.3, 0.4) is 0 Å². The molecule has 0 saturated heterocycles. The molecule has 0 aliphatic heterocycles. The van der Waals surface area contributed by atoms with E-state index in [-0.39, 0.29) is 0 Å². The van der Waals surface area contributed by atoms with Crippen molar-refractivity contribution in [3.63, 3.8) is 0 Å². The Morgan fingerprint density at radius 3 is 1.68 bits per heavy atom. The summed E-state index contributed by atoms with van der Waals surface area (Å²) in [5.41, 5.74) is 0. The minimum absolute atomic E-state index is 1.13.